The molecule has 1 amide bonds. The number of carbonyl (C=O) groups is 1. The molecule has 7 heteroatoms. The molecule has 0 aliphatic carbocycles. The van der Waals surface area contributed by atoms with Crippen molar-refractivity contribution >= 4 is 11.6 Å². The first-order valence-electron chi connectivity index (χ1n) is 8.74. The van der Waals surface area contributed by atoms with Gasteiger partial charge in [-0.05, 0) is 44.4 Å². The fourth-order valence-corrected chi connectivity index (χ4v) is 2.57. The molecule has 0 aromatic heterocycles. The van der Waals surface area contributed by atoms with E-state index in [9.17, 15) is 14.9 Å². The number of rotatable bonds is 9. The third-order valence-electron chi connectivity index (χ3n) is 4.13. The Morgan fingerprint density at radius 1 is 1.19 bits per heavy atom. The van der Waals surface area contributed by atoms with Gasteiger partial charge in [0.25, 0.3) is 5.91 Å². The van der Waals surface area contributed by atoms with E-state index in [1.807, 2.05) is 37.3 Å². The van der Waals surface area contributed by atoms with E-state index < -0.39 is 11.0 Å². The Hall–Kier alpha value is -3.09. The van der Waals surface area contributed by atoms with Crippen molar-refractivity contribution in [1.29, 1.82) is 0 Å². The molecule has 144 valence electrons. The predicted molar refractivity (Wildman–Crippen MR) is 102 cm³/mol. The van der Waals surface area contributed by atoms with Gasteiger partial charge in [-0.25, -0.2) is 0 Å². The number of nitro benzene ring substituents is 1. The summed E-state index contributed by atoms with van der Waals surface area (Å²) in [6.07, 6.45) is 0.767. The summed E-state index contributed by atoms with van der Waals surface area (Å²) in [4.78, 5) is 23.0. The minimum Gasteiger partial charge on any atom is -0.496 e. The highest BCUT2D eigenvalue weighted by molar-refractivity contribution is 5.81. The number of amides is 1. The van der Waals surface area contributed by atoms with Gasteiger partial charge in [0, 0.05) is 6.04 Å². The highest BCUT2D eigenvalue weighted by Gasteiger charge is 2.22. The lowest BCUT2D eigenvalue weighted by molar-refractivity contribution is -0.386. The number of ether oxygens (including phenoxy) is 2. The van der Waals surface area contributed by atoms with Crippen molar-refractivity contribution in [3.8, 4) is 11.5 Å². The number of nitrogens with zero attached hydrogens (tertiary/aromatic N) is 1. The lowest BCUT2D eigenvalue weighted by Gasteiger charge is -2.19. The zero-order chi connectivity index (χ0) is 19.8. The molecule has 1 N–H and O–H groups in total. The molecule has 0 unspecified atom stereocenters. The van der Waals surface area contributed by atoms with Crippen molar-refractivity contribution in [2.24, 2.45) is 0 Å². The van der Waals surface area contributed by atoms with E-state index in [2.05, 4.69) is 5.32 Å². The van der Waals surface area contributed by atoms with Gasteiger partial charge in [0.15, 0.2) is 11.9 Å². The monoisotopic (exact) mass is 372 g/mol. The van der Waals surface area contributed by atoms with Crippen LogP contribution in [0.25, 0.3) is 0 Å². The fraction of sp³-hybridized carbons (Fsp3) is 0.350. The van der Waals surface area contributed by atoms with Crippen LogP contribution in [0.2, 0.25) is 0 Å². The number of hydrogen-bond donors (Lipinski definition) is 1. The highest BCUT2D eigenvalue weighted by atomic mass is 16.6. The van der Waals surface area contributed by atoms with E-state index in [0.717, 1.165) is 12.8 Å². The quantitative estimate of drug-likeness (QED) is 0.537. The first-order valence-corrected chi connectivity index (χ1v) is 8.74. The van der Waals surface area contributed by atoms with Crippen LogP contribution in [0.15, 0.2) is 48.5 Å². The zero-order valence-corrected chi connectivity index (χ0v) is 15.7. The van der Waals surface area contributed by atoms with Crippen LogP contribution in [-0.2, 0) is 11.2 Å². The molecule has 0 radical (unpaired) electrons. The van der Waals surface area contributed by atoms with Gasteiger partial charge in [0.05, 0.1) is 18.1 Å². The van der Waals surface area contributed by atoms with E-state index in [-0.39, 0.29) is 23.4 Å². The molecule has 0 heterocycles. The van der Waals surface area contributed by atoms with Crippen molar-refractivity contribution in [3.63, 3.8) is 0 Å². The number of nitrogens with one attached hydrogen (secondary N) is 1. The van der Waals surface area contributed by atoms with Crippen LogP contribution in [0.1, 0.15) is 25.8 Å². The van der Waals surface area contributed by atoms with Gasteiger partial charge in [0.2, 0.25) is 0 Å². The van der Waals surface area contributed by atoms with Gasteiger partial charge in [-0.1, -0.05) is 30.3 Å². The van der Waals surface area contributed by atoms with Crippen molar-refractivity contribution < 1.29 is 19.2 Å². The number of benzene rings is 2. The molecule has 27 heavy (non-hydrogen) atoms. The number of hydrogen-bond acceptors (Lipinski definition) is 5. The average Bonchev–Trinajstić information content (AvgIpc) is 2.67. The molecule has 0 bridgehead atoms. The molecule has 0 aliphatic heterocycles. The van der Waals surface area contributed by atoms with Crippen molar-refractivity contribution in [2.45, 2.75) is 38.8 Å². The first-order chi connectivity index (χ1) is 12.9. The summed E-state index contributed by atoms with van der Waals surface area (Å²) >= 11 is 0. The predicted octanol–water partition coefficient (Wildman–Crippen LogP) is 3.51. The maximum absolute atomic E-state index is 12.3. The molecule has 0 saturated carbocycles. The second-order valence-corrected chi connectivity index (χ2v) is 6.28. The molecular formula is C20H24N2O5. The summed E-state index contributed by atoms with van der Waals surface area (Å²) in [7, 11) is 1.42. The van der Waals surface area contributed by atoms with E-state index >= 15 is 0 Å². The SMILES string of the molecule is COc1ccc(O[C@@H](C)C(=O)N[C@@H](C)CCc2ccccc2)c([N+](=O)[O-])c1. The summed E-state index contributed by atoms with van der Waals surface area (Å²) in [6.45, 7) is 3.48. The fourth-order valence-electron chi connectivity index (χ4n) is 2.57. The van der Waals surface area contributed by atoms with Crippen molar-refractivity contribution in [2.75, 3.05) is 7.11 Å². The zero-order valence-electron chi connectivity index (χ0n) is 15.7. The van der Waals surface area contributed by atoms with Crippen LogP contribution in [0, 0.1) is 10.1 Å². The maximum Gasteiger partial charge on any atom is 0.314 e. The van der Waals surface area contributed by atoms with Gasteiger partial charge in [-0.2, -0.15) is 0 Å². The van der Waals surface area contributed by atoms with Crippen LogP contribution in [-0.4, -0.2) is 30.1 Å². The van der Waals surface area contributed by atoms with Gasteiger partial charge < -0.3 is 14.8 Å². The molecule has 2 atom stereocenters. The topological polar surface area (TPSA) is 90.7 Å². The van der Waals surface area contributed by atoms with Crippen LogP contribution in [0.3, 0.4) is 0 Å². The van der Waals surface area contributed by atoms with Gasteiger partial charge in [0.1, 0.15) is 5.75 Å². The third kappa shape index (κ3) is 5.99. The standard InChI is InChI=1S/C20H24N2O5/c1-14(9-10-16-7-5-4-6-8-16)21-20(23)15(2)27-19-12-11-17(26-3)13-18(19)22(24)25/h4-8,11-15H,9-10H2,1-3H3,(H,21,23)/t14-,15-/m0/s1. The number of aryl methyl sites for hydroxylation is 1. The second-order valence-electron chi connectivity index (χ2n) is 6.28. The van der Waals surface area contributed by atoms with Crippen LogP contribution in [0.4, 0.5) is 5.69 Å². The van der Waals surface area contributed by atoms with Crippen LogP contribution in [0.5, 0.6) is 11.5 Å². The Bertz CT molecular complexity index is 779. The number of methoxy groups -OCH3 is 1. The van der Waals surface area contributed by atoms with Gasteiger partial charge in [-0.15, -0.1) is 0 Å². The molecule has 0 fully saturated rings. The molecule has 2 rings (SSSR count). The minimum absolute atomic E-state index is 0.0281. The second kappa shape index (κ2) is 9.56. The van der Waals surface area contributed by atoms with Gasteiger partial charge >= 0.3 is 5.69 Å². The Morgan fingerprint density at radius 3 is 2.52 bits per heavy atom. The van der Waals surface area contributed by atoms with E-state index in [1.54, 1.807) is 13.0 Å². The van der Waals surface area contributed by atoms with E-state index in [1.165, 1.54) is 24.8 Å². The maximum atomic E-state index is 12.3. The van der Waals surface area contributed by atoms with Crippen molar-refractivity contribution in [1.82, 2.24) is 5.32 Å². The number of carbonyl (C=O) groups excluding carboxylic acids is 1. The number of nitro groups is 1. The molecule has 7 nitrogen and oxygen atoms in total. The third-order valence-corrected chi connectivity index (χ3v) is 4.13. The molecule has 2 aromatic carbocycles. The summed E-state index contributed by atoms with van der Waals surface area (Å²) < 4.78 is 10.5. The minimum atomic E-state index is -0.865. The summed E-state index contributed by atoms with van der Waals surface area (Å²) in [5.74, 6) is 0.0572. The molecule has 2 aromatic rings. The molecule has 0 aliphatic rings. The Balaban J connectivity index is 1.92. The summed E-state index contributed by atoms with van der Waals surface area (Å²) in [6, 6.07) is 14.2. The van der Waals surface area contributed by atoms with Crippen molar-refractivity contribution in [3.05, 3.63) is 64.2 Å². The summed E-state index contributed by atoms with van der Waals surface area (Å²) in [5.41, 5.74) is 0.961. The van der Waals surface area contributed by atoms with Crippen LogP contribution >= 0.6 is 0 Å². The Morgan fingerprint density at radius 2 is 1.89 bits per heavy atom. The Kier molecular flexibility index (Phi) is 7.16. The molecule has 0 saturated heterocycles. The van der Waals surface area contributed by atoms with E-state index in [0.29, 0.717) is 5.75 Å². The Labute approximate surface area is 158 Å². The normalized spacial score (nSPS) is 12.7. The lowest BCUT2D eigenvalue weighted by atomic mass is 10.1. The highest BCUT2D eigenvalue weighted by Crippen LogP contribution is 2.31. The van der Waals surface area contributed by atoms with Crippen LogP contribution < -0.4 is 14.8 Å². The smallest absolute Gasteiger partial charge is 0.314 e. The largest absolute Gasteiger partial charge is 0.496 e. The van der Waals surface area contributed by atoms with Gasteiger partial charge in [-0.3, -0.25) is 14.9 Å². The molecule has 0 spiro atoms. The van der Waals surface area contributed by atoms with E-state index in [4.69, 9.17) is 9.47 Å². The lowest BCUT2D eigenvalue weighted by Crippen LogP contribution is -2.41. The average molecular weight is 372 g/mol. The summed E-state index contributed by atoms with van der Waals surface area (Å²) in [5, 5.41) is 14.1. The molecular weight excluding hydrogens is 348 g/mol. The first kappa shape index (κ1) is 20.2.